The lowest BCUT2D eigenvalue weighted by Crippen LogP contribution is -2.52. The Morgan fingerprint density at radius 1 is 0.946 bits per heavy atom. The van der Waals surface area contributed by atoms with E-state index in [0.29, 0.717) is 17.7 Å². The summed E-state index contributed by atoms with van der Waals surface area (Å²) in [5.41, 5.74) is 4.87. The van der Waals surface area contributed by atoms with Gasteiger partial charge in [0.15, 0.2) is 0 Å². The highest BCUT2D eigenvalue weighted by atomic mass is 32.2. The number of hydrogen-bond donors (Lipinski definition) is 1. The molecule has 0 saturated carbocycles. The van der Waals surface area contributed by atoms with Gasteiger partial charge in [-0.2, -0.15) is 0 Å². The van der Waals surface area contributed by atoms with Gasteiger partial charge in [-0.15, -0.1) is 11.8 Å². The minimum absolute atomic E-state index is 0.0288. The fourth-order valence-corrected chi connectivity index (χ4v) is 5.14. The molecule has 0 saturated heterocycles. The summed E-state index contributed by atoms with van der Waals surface area (Å²) in [6, 6.07) is 21.7. The fraction of sp³-hybridized carbons (Fsp3) is 0.355. The number of carbonyl (C=O) groups excluding carboxylic acids is 2. The van der Waals surface area contributed by atoms with E-state index in [4.69, 9.17) is 0 Å². The molecule has 0 bridgehead atoms. The van der Waals surface area contributed by atoms with E-state index in [1.54, 1.807) is 23.1 Å². The van der Waals surface area contributed by atoms with E-state index in [9.17, 15) is 14.0 Å². The van der Waals surface area contributed by atoms with Crippen LogP contribution < -0.4 is 5.32 Å². The molecule has 3 aromatic rings. The maximum atomic E-state index is 14.7. The molecular formula is C31H37FN2O2S. The molecule has 0 spiro atoms. The predicted molar refractivity (Wildman–Crippen MR) is 151 cm³/mol. The second-order valence-corrected chi connectivity index (χ2v) is 10.6. The van der Waals surface area contributed by atoms with Crippen LogP contribution in [0, 0.1) is 19.7 Å². The van der Waals surface area contributed by atoms with Gasteiger partial charge in [0, 0.05) is 30.3 Å². The second kappa shape index (κ2) is 14.0. The van der Waals surface area contributed by atoms with Crippen molar-refractivity contribution in [1.82, 2.24) is 10.2 Å². The van der Waals surface area contributed by atoms with E-state index >= 15 is 0 Å². The Morgan fingerprint density at radius 2 is 1.59 bits per heavy atom. The maximum absolute atomic E-state index is 14.7. The molecule has 0 heterocycles. The van der Waals surface area contributed by atoms with Gasteiger partial charge in [0.25, 0.3) is 0 Å². The topological polar surface area (TPSA) is 49.4 Å². The Balaban J connectivity index is 1.87. The zero-order chi connectivity index (χ0) is 26.8. The molecule has 0 aliphatic carbocycles. The Hall–Kier alpha value is -3.12. The van der Waals surface area contributed by atoms with Crippen molar-refractivity contribution >= 4 is 23.6 Å². The first-order valence-electron chi connectivity index (χ1n) is 12.8. The summed E-state index contributed by atoms with van der Waals surface area (Å²) >= 11 is 1.51. The van der Waals surface area contributed by atoms with Crippen molar-refractivity contribution in [3.05, 3.63) is 106 Å². The molecule has 0 aromatic heterocycles. The van der Waals surface area contributed by atoms with Gasteiger partial charge < -0.3 is 10.2 Å². The summed E-state index contributed by atoms with van der Waals surface area (Å²) in [7, 11) is 0. The zero-order valence-electron chi connectivity index (χ0n) is 22.2. The lowest BCUT2D eigenvalue weighted by molar-refractivity contribution is -0.139. The lowest BCUT2D eigenvalue weighted by atomic mass is 10.0. The third-order valence-electron chi connectivity index (χ3n) is 6.35. The molecular weight excluding hydrogens is 483 g/mol. The normalized spacial score (nSPS) is 12.6. The minimum atomic E-state index is -0.759. The number of thioether (sulfide) groups is 1. The molecule has 2 atom stereocenters. The number of aryl methyl sites for hydroxylation is 2. The van der Waals surface area contributed by atoms with E-state index in [0.717, 1.165) is 17.5 Å². The lowest BCUT2D eigenvalue weighted by Gasteiger charge is -2.32. The van der Waals surface area contributed by atoms with Gasteiger partial charge in [0.1, 0.15) is 11.9 Å². The van der Waals surface area contributed by atoms with E-state index in [2.05, 4.69) is 37.4 Å². The molecule has 3 rings (SSSR count). The molecule has 37 heavy (non-hydrogen) atoms. The average Bonchev–Trinajstić information content (AvgIpc) is 2.87. The molecule has 0 radical (unpaired) electrons. The standard InChI is InChI=1S/C31H37FN2O2S/c1-5-24(4)33-31(36)29(18-25-11-7-6-8-12-25)34(19-27-13-9-10-14-28(27)32)30(35)21-37-20-26-16-22(2)15-23(3)17-26/h6-17,24,29H,5,18-21H2,1-4H3,(H,33,36)/t24-,29+/m1/s1. The summed E-state index contributed by atoms with van der Waals surface area (Å²) in [5, 5.41) is 3.05. The van der Waals surface area contributed by atoms with E-state index in [1.165, 1.54) is 29.0 Å². The van der Waals surface area contributed by atoms with Crippen molar-refractivity contribution in [1.29, 1.82) is 0 Å². The van der Waals surface area contributed by atoms with E-state index < -0.39 is 6.04 Å². The largest absolute Gasteiger partial charge is 0.352 e. The van der Waals surface area contributed by atoms with Crippen LogP contribution in [0.4, 0.5) is 4.39 Å². The number of nitrogens with zero attached hydrogens (tertiary/aromatic N) is 1. The number of carbonyl (C=O) groups is 2. The van der Waals surface area contributed by atoms with Gasteiger partial charge >= 0.3 is 0 Å². The molecule has 4 nitrogen and oxygen atoms in total. The molecule has 0 aliphatic heterocycles. The molecule has 196 valence electrons. The second-order valence-electron chi connectivity index (χ2n) is 9.63. The Morgan fingerprint density at radius 3 is 2.24 bits per heavy atom. The molecule has 2 amide bonds. The molecule has 0 aliphatic rings. The number of hydrogen-bond acceptors (Lipinski definition) is 3. The zero-order valence-corrected chi connectivity index (χ0v) is 23.0. The summed E-state index contributed by atoms with van der Waals surface area (Å²) in [4.78, 5) is 28.7. The van der Waals surface area contributed by atoms with Crippen molar-refractivity contribution in [2.45, 2.75) is 64.9 Å². The summed E-state index contributed by atoms with van der Waals surface area (Å²) in [6.07, 6.45) is 1.13. The number of benzene rings is 3. The highest BCUT2D eigenvalue weighted by Gasteiger charge is 2.31. The van der Waals surface area contributed by atoms with Crippen LogP contribution in [0.1, 0.15) is 48.1 Å². The van der Waals surface area contributed by atoms with Crippen molar-refractivity contribution in [2.75, 3.05) is 5.75 Å². The van der Waals surface area contributed by atoms with Crippen LogP contribution in [0.3, 0.4) is 0 Å². The van der Waals surface area contributed by atoms with Gasteiger partial charge in [-0.05, 0) is 44.4 Å². The van der Waals surface area contributed by atoms with E-state index in [-0.39, 0.29) is 36.0 Å². The molecule has 6 heteroatoms. The number of rotatable bonds is 12. The molecule has 1 N–H and O–H groups in total. The Labute approximate surface area is 224 Å². The van der Waals surface area contributed by atoms with Crippen molar-refractivity contribution in [3.8, 4) is 0 Å². The first-order valence-corrected chi connectivity index (χ1v) is 13.9. The van der Waals surface area contributed by atoms with Crippen LogP contribution in [-0.4, -0.2) is 34.6 Å². The minimum Gasteiger partial charge on any atom is -0.352 e. The summed E-state index contributed by atoms with van der Waals surface area (Å²) in [5.74, 6) is 0.0946. The first-order chi connectivity index (χ1) is 17.8. The number of nitrogens with one attached hydrogen (secondary N) is 1. The van der Waals surface area contributed by atoms with Gasteiger partial charge in [-0.1, -0.05) is 84.8 Å². The first kappa shape index (κ1) is 28.5. The summed E-state index contributed by atoms with van der Waals surface area (Å²) < 4.78 is 14.7. The van der Waals surface area contributed by atoms with Crippen LogP contribution in [0.25, 0.3) is 0 Å². The maximum Gasteiger partial charge on any atom is 0.243 e. The highest BCUT2D eigenvalue weighted by molar-refractivity contribution is 7.99. The van der Waals surface area contributed by atoms with Crippen LogP contribution in [0.5, 0.6) is 0 Å². The third kappa shape index (κ3) is 8.74. The molecule has 0 fully saturated rings. The highest BCUT2D eigenvalue weighted by Crippen LogP contribution is 2.21. The SMILES string of the molecule is CC[C@@H](C)NC(=O)[C@H](Cc1ccccc1)N(Cc1ccccc1F)C(=O)CSCc1cc(C)cc(C)c1. The Bertz CT molecular complexity index is 1160. The Kier molecular flexibility index (Phi) is 10.8. The van der Waals surface area contributed by atoms with Gasteiger partial charge in [-0.25, -0.2) is 4.39 Å². The summed E-state index contributed by atoms with van der Waals surface area (Å²) in [6.45, 7) is 8.10. The third-order valence-corrected chi connectivity index (χ3v) is 7.33. The fourth-order valence-electron chi connectivity index (χ4n) is 4.30. The van der Waals surface area contributed by atoms with Crippen LogP contribution in [-0.2, 0) is 28.3 Å². The average molecular weight is 521 g/mol. The van der Waals surface area contributed by atoms with Gasteiger partial charge in [-0.3, -0.25) is 9.59 Å². The van der Waals surface area contributed by atoms with E-state index in [1.807, 2.05) is 44.2 Å². The van der Waals surface area contributed by atoms with Crippen LogP contribution >= 0.6 is 11.8 Å². The monoisotopic (exact) mass is 520 g/mol. The van der Waals surface area contributed by atoms with Gasteiger partial charge in [0.2, 0.25) is 11.8 Å². The van der Waals surface area contributed by atoms with Crippen molar-refractivity contribution in [2.24, 2.45) is 0 Å². The number of amides is 2. The van der Waals surface area contributed by atoms with Crippen molar-refractivity contribution in [3.63, 3.8) is 0 Å². The smallest absolute Gasteiger partial charge is 0.243 e. The predicted octanol–water partition coefficient (Wildman–Crippen LogP) is 6.23. The molecule has 3 aromatic carbocycles. The molecule has 0 unspecified atom stereocenters. The van der Waals surface area contributed by atoms with Crippen molar-refractivity contribution < 1.29 is 14.0 Å². The van der Waals surface area contributed by atoms with Crippen LogP contribution in [0.2, 0.25) is 0 Å². The number of halogens is 1. The van der Waals surface area contributed by atoms with Crippen LogP contribution in [0.15, 0.2) is 72.8 Å². The quantitative estimate of drug-likeness (QED) is 0.308. The van der Waals surface area contributed by atoms with Gasteiger partial charge in [0.05, 0.1) is 5.75 Å².